The first kappa shape index (κ1) is 19.6. The van der Waals surface area contributed by atoms with Crippen molar-refractivity contribution in [3.05, 3.63) is 53.7 Å². The molecule has 2 saturated heterocycles. The quantitative estimate of drug-likeness (QED) is 0.771. The number of rotatable bonds is 3. The van der Waals surface area contributed by atoms with Gasteiger partial charge in [-0.1, -0.05) is 31.0 Å². The first-order chi connectivity index (χ1) is 14.8. The molecule has 5 heteroatoms. The van der Waals surface area contributed by atoms with E-state index in [1.165, 1.54) is 57.2 Å². The summed E-state index contributed by atoms with van der Waals surface area (Å²) in [4.78, 5) is 24.8. The van der Waals surface area contributed by atoms with Crippen molar-refractivity contribution in [1.82, 2.24) is 9.88 Å². The van der Waals surface area contributed by atoms with Gasteiger partial charge in [0, 0.05) is 37.6 Å². The molecule has 1 aromatic carbocycles. The topological polar surface area (TPSA) is 39.7 Å². The van der Waals surface area contributed by atoms with Gasteiger partial charge in [-0.15, -0.1) is 0 Å². The molecule has 3 aliphatic rings. The molecule has 30 heavy (non-hydrogen) atoms. The monoisotopic (exact) mass is 404 g/mol. The maximum atomic E-state index is 13.1. The van der Waals surface area contributed by atoms with E-state index in [0.717, 1.165) is 37.6 Å². The maximum Gasteiger partial charge on any atom is 0.259 e. The number of benzene rings is 1. The minimum atomic E-state index is 0.0556. The minimum absolute atomic E-state index is 0.0556. The highest BCUT2D eigenvalue weighted by molar-refractivity contribution is 6.07. The Morgan fingerprint density at radius 1 is 0.900 bits per heavy atom. The molecule has 4 heterocycles. The van der Waals surface area contributed by atoms with Crippen LogP contribution in [0, 0.1) is 0 Å². The fraction of sp³-hybridized carbons (Fsp3) is 0.520. The van der Waals surface area contributed by atoms with E-state index in [0.29, 0.717) is 11.6 Å². The Hall–Kier alpha value is -2.40. The zero-order valence-electron chi connectivity index (χ0n) is 17.8. The average Bonchev–Trinajstić information content (AvgIpc) is 3.04. The standard InChI is InChI=1S/C25H32N4O/c30-25(29-17-13-20-8-3-4-10-23(20)29)21-11-12-24(26-18-21)28-16-7-9-22(19-28)27-14-5-1-2-6-15-27/h3-4,8,10-12,18,22H,1-2,5-7,9,13-17,19H2. The van der Waals surface area contributed by atoms with Crippen LogP contribution in [0.3, 0.4) is 0 Å². The molecule has 1 atom stereocenters. The maximum absolute atomic E-state index is 13.1. The number of fused-ring (bicyclic) bond motifs is 1. The van der Waals surface area contributed by atoms with E-state index in [4.69, 9.17) is 4.98 Å². The number of anilines is 2. The number of pyridine rings is 1. The molecule has 0 aliphatic carbocycles. The van der Waals surface area contributed by atoms with E-state index >= 15 is 0 Å². The molecule has 1 unspecified atom stereocenters. The highest BCUT2D eigenvalue weighted by atomic mass is 16.2. The first-order valence-electron chi connectivity index (χ1n) is 11.6. The lowest BCUT2D eigenvalue weighted by Crippen LogP contribution is -2.48. The number of amides is 1. The fourth-order valence-electron chi connectivity index (χ4n) is 5.33. The van der Waals surface area contributed by atoms with Crippen LogP contribution in [0.15, 0.2) is 42.6 Å². The number of carbonyl (C=O) groups excluding carboxylic acids is 1. The third-order valence-corrected chi connectivity index (χ3v) is 7.00. The van der Waals surface area contributed by atoms with Crippen molar-refractivity contribution in [2.24, 2.45) is 0 Å². The lowest BCUT2D eigenvalue weighted by molar-refractivity contribution is 0.0989. The van der Waals surface area contributed by atoms with Crippen molar-refractivity contribution < 1.29 is 4.79 Å². The van der Waals surface area contributed by atoms with E-state index in [2.05, 4.69) is 15.9 Å². The molecule has 5 rings (SSSR count). The van der Waals surface area contributed by atoms with Crippen LogP contribution in [0.25, 0.3) is 0 Å². The molecule has 1 aromatic heterocycles. The van der Waals surface area contributed by atoms with Crippen molar-refractivity contribution in [2.75, 3.05) is 42.5 Å². The Morgan fingerprint density at radius 2 is 1.73 bits per heavy atom. The first-order valence-corrected chi connectivity index (χ1v) is 11.6. The summed E-state index contributed by atoms with van der Waals surface area (Å²) >= 11 is 0. The van der Waals surface area contributed by atoms with Gasteiger partial charge in [-0.25, -0.2) is 4.98 Å². The summed E-state index contributed by atoms with van der Waals surface area (Å²) in [7, 11) is 0. The van der Waals surface area contributed by atoms with E-state index in [1.807, 2.05) is 35.2 Å². The third kappa shape index (κ3) is 3.95. The second kappa shape index (κ2) is 8.76. The molecule has 0 bridgehead atoms. The molecule has 0 N–H and O–H groups in total. The molecular weight excluding hydrogens is 372 g/mol. The highest BCUT2D eigenvalue weighted by Crippen LogP contribution is 2.29. The van der Waals surface area contributed by atoms with E-state index in [1.54, 1.807) is 6.20 Å². The van der Waals surface area contributed by atoms with Gasteiger partial charge in [-0.05, 0) is 69.0 Å². The molecule has 0 spiro atoms. The minimum Gasteiger partial charge on any atom is -0.355 e. The van der Waals surface area contributed by atoms with Crippen molar-refractivity contribution >= 4 is 17.4 Å². The summed E-state index contributed by atoms with van der Waals surface area (Å²) in [5, 5.41) is 0. The van der Waals surface area contributed by atoms with Crippen LogP contribution in [-0.2, 0) is 6.42 Å². The summed E-state index contributed by atoms with van der Waals surface area (Å²) in [6, 6.07) is 12.8. The van der Waals surface area contributed by atoms with Crippen molar-refractivity contribution in [2.45, 2.75) is 51.0 Å². The van der Waals surface area contributed by atoms with Gasteiger partial charge < -0.3 is 9.80 Å². The second-order valence-electron chi connectivity index (χ2n) is 8.93. The number of hydrogen-bond donors (Lipinski definition) is 0. The number of hydrogen-bond acceptors (Lipinski definition) is 4. The second-order valence-corrected chi connectivity index (χ2v) is 8.93. The Morgan fingerprint density at radius 3 is 2.53 bits per heavy atom. The zero-order valence-corrected chi connectivity index (χ0v) is 17.8. The van der Waals surface area contributed by atoms with E-state index < -0.39 is 0 Å². The zero-order chi connectivity index (χ0) is 20.3. The van der Waals surface area contributed by atoms with E-state index in [-0.39, 0.29) is 5.91 Å². The summed E-state index contributed by atoms with van der Waals surface area (Å²) in [6.45, 7) is 5.36. The molecule has 1 amide bonds. The summed E-state index contributed by atoms with van der Waals surface area (Å²) in [5.41, 5.74) is 2.97. The lowest BCUT2D eigenvalue weighted by Gasteiger charge is -2.39. The number of aromatic nitrogens is 1. The van der Waals surface area contributed by atoms with Crippen LogP contribution in [0.4, 0.5) is 11.5 Å². The van der Waals surface area contributed by atoms with E-state index in [9.17, 15) is 4.79 Å². The van der Waals surface area contributed by atoms with Gasteiger partial charge in [-0.2, -0.15) is 0 Å². The third-order valence-electron chi connectivity index (χ3n) is 7.00. The SMILES string of the molecule is O=C(c1ccc(N2CCCC(N3CCCCCC3)C2)nc1)N1CCc2ccccc21. The Kier molecular flexibility index (Phi) is 5.71. The van der Waals surface area contributed by atoms with Gasteiger partial charge in [0.1, 0.15) is 5.82 Å². The fourth-order valence-corrected chi connectivity index (χ4v) is 5.33. The number of para-hydroxylation sites is 1. The highest BCUT2D eigenvalue weighted by Gasteiger charge is 2.28. The Bertz CT molecular complexity index is 873. The molecule has 0 saturated carbocycles. The largest absolute Gasteiger partial charge is 0.355 e. The molecule has 2 aromatic rings. The smallest absolute Gasteiger partial charge is 0.259 e. The van der Waals surface area contributed by atoms with Gasteiger partial charge in [0.15, 0.2) is 0 Å². The van der Waals surface area contributed by atoms with Gasteiger partial charge in [0.2, 0.25) is 0 Å². The van der Waals surface area contributed by atoms with Crippen molar-refractivity contribution in [3.8, 4) is 0 Å². The normalized spacial score (nSPS) is 22.6. The number of nitrogens with zero attached hydrogens (tertiary/aromatic N) is 4. The average molecular weight is 405 g/mol. The van der Waals surface area contributed by atoms with Crippen molar-refractivity contribution in [3.63, 3.8) is 0 Å². The van der Waals surface area contributed by atoms with Gasteiger partial charge >= 0.3 is 0 Å². The van der Waals surface area contributed by atoms with Crippen LogP contribution in [0.1, 0.15) is 54.4 Å². The number of carbonyl (C=O) groups is 1. The summed E-state index contributed by atoms with van der Waals surface area (Å²) in [5.74, 6) is 1.06. The Balaban J connectivity index is 1.26. The van der Waals surface area contributed by atoms with Gasteiger partial charge in [-0.3, -0.25) is 9.69 Å². The molecule has 158 valence electrons. The van der Waals surface area contributed by atoms with Gasteiger partial charge in [0.25, 0.3) is 5.91 Å². The van der Waals surface area contributed by atoms with Crippen LogP contribution in [0.2, 0.25) is 0 Å². The number of likely N-dealkylation sites (tertiary alicyclic amines) is 1. The van der Waals surface area contributed by atoms with Crippen molar-refractivity contribution in [1.29, 1.82) is 0 Å². The predicted molar refractivity (Wildman–Crippen MR) is 121 cm³/mol. The Labute approximate surface area is 179 Å². The van der Waals surface area contributed by atoms with Crippen LogP contribution >= 0.6 is 0 Å². The summed E-state index contributed by atoms with van der Waals surface area (Å²) < 4.78 is 0. The predicted octanol–water partition coefficient (Wildman–Crippen LogP) is 4.13. The van der Waals surface area contributed by atoms with Crippen LogP contribution in [-0.4, -0.2) is 54.6 Å². The molecule has 2 fully saturated rings. The van der Waals surface area contributed by atoms with Gasteiger partial charge in [0.05, 0.1) is 5.56 Å². The molecular formula is C25H32N4O. The number of piperidine rings is 1. The van der Waals surface area contributed by atoms with Crippen LogP contribution in [0.5, 0.6) is 0 Å². The molecule has 0 radical (unpaired) electrons. The molecule has 5 nitrogen and oxygen atoms in total. The lowest BCUT2D eigenvalue weighted by atomic mass is 10.0. The molecule has 3 aliphatic heterocycles. The summed E-state index contributed by atoms with van der Waals surface area (Å²) in [6.07, 6.45) is 10.6. The van der Waals surface area contributed by atoms with Crippen LogP contribution < -0.4 is 9.80 Å².